The van der Waals surface area contributed by atoms with Gasteiger partial charge in [-0.25, -0.2) is 0 Å². The first-order valence-electron chi connectivity index (χ1n) is 12.3. The van der Waals surface area contributed by atoms with Crippen molar-refractivity contribution in [3.63, 3.8) is 0 Å². The first-order valence-corrected chi connectivity index (χ1v) is 12.3. The van der Waals surface area contributed by atoms with Crippen LogP contribution in [-0.2, 0) is 11.4 Å². The fraction of sp³-hybridized carbons (Fsp3) is 0.156. The molecule has 1 N–H and O–H groups in total. The van der Waals surface area contributed by atoms with Crippen molar-refractivity contribution in [3.8, 4) is 11.5 Å². The molecule has 0 aliphatic carbocycles. The maximum atomic E-state index is 13.4. The molecule has 37 heavy (non-hydrogen) atoms. The van der Waals surface area contributed by atoms with Gasteiger partial charge < -0.3 is 19.5 Å². The van der Waals surface area contributed by atoms with Crippen molar-refractivity contribution < 1.29 is 19.4 Å². The molecule has 1 amide bonds. The molecule has 1 aliphatic rings. The van der Waals surface area contributed by atoms with Crippen LogP contribution in [0.5, 0.6) is 11.5 Å². The predicted molar refractivity (Wildman–Crippen MR) is 145 cm³/mol. The van der Waals surface area contributed by atoms with Crippen LogP contribution in [0.1, 0.15) is 22.7 Å². The second kappa shape index (κ2) is 11.1. The molecule has 0 saturated carbocycles. The van der Waals surface area contributed by atoms with E-state index in [1.165, 1.54) is 0 Å². The van der Waals surface area contributed by atoms with E-state index >= 15 is 0 Å². The van der Waals surface area contributed by atoms with E-state index in [-0.39, 0.29) is 11.9 Å². The third kappa shape index (κ3) is 5.42. The first kappa shape index (κ1) is 24.3. The molecule has 5 nitrogen and oxygen atoms in total. The van der Waals surface area contributed by atoms with E-state index in [1.807, 2.05) is 115 Å². The minimum absolute atomic E-state index is 0.121. The van der Waals surface area contributed by atoms with Crippen LogP contribution in [0.15, 0.2) is 115 Å². The van der Waals surface area contributed by atoms with E-state index in [9.17, 15) is 9.90 Å². The zero-order chi connectivity index (χ0) is 25.6. The Kier molecular flexibility index (Phi) is 7.33. The number of methoxy groups -OCH3 is 1. The predicted octanol–water partition coefficient (Wildman–Crippen LogP) is 6.05. The van der Waals surface area contributed by atoms with Gasteiger partial charge in [-0.2, -0.15) is 0 Å². The largest absolute Gasteiger partial charge is 0.497 e. The Morgan fingerprint density at radius 1 is 0.838 bits per heavy atom. The summed E-state index contributed by atoms with van der Waals surface area (Å²) in [6, 6.07) is 34.6. The van der Waals surface area contributed by atoms with E-state index < -0.39 is 12.0 Å². The summed E-state index contributed by atoms with van der Waals surface area (Å²) in [6.45, 7) is 0.478. The third-order valence-corrected chi connectivity index (χ3v) is 6.61. The number of hydrogen-bond acceptors (Lipinski definition) is 4. The van der Waals surface area contributed by atoms with Crippen LogP contribution in [0.3, 0.4) is 0 Å². The van der Waals surface area contributed by atoms with Crippen molar-refractivity contribution in [1.29, 1.82) is 0 Å². The summed E-state index contributed by atoms with van der Waals surface area (Å²) in [6.07, 6.45) is 2.63. The number of ether oxygens (including phenoxy) is 2. The van der Waals surface area contributed by atoms with Gasteiger partial charge in [0.1, 0.15) is 18.1 Å². The number of hydrogen-bond donors (Lipinski definition) is 1. The molecule has 0 aromatic heterocycles. The first-order chi connectivity index (χ1) is 18.1. The molecule has 4 aromatic carbocycles. The number of rotatable bonds is 9. The molecule has 5 heteroatoms. The average Bonchev–Trinajstić information content (AvgIpc) is 2.95. The molecular formula is C32H29NO4. The zero-order valence-electron chi connectivity index (χ0n) is 20.6. The monoisotopic (exact) mass is 491 g/mol. The van der Waals surface area contributed by atoms with Crippen molar-refractivity contribution in [1.82, 2.24) is 0 Å². The number of aliphatic hydroxyl groups excluding tert-OH is 1. The topological polar surface area (TPSA) is 59.0 Å². The van der Waals surface area contributed by atoms with Gasteiger partial charge in [0, 0.05) is 5.69 Å². The Balaban J connectivity index is 1.38. The SMILES string of the molecule is COc1ccc(N2C(=O)[C@H](C(O)C=Cc3ccccc3)[C@H]2c2ccc(OCc3ccccc3)cc2)cc1. The van der Waals surface area contributed by atoms with Gasteiger partial charge in [0.25, 0.3) is 0 Å². The fourth-order valence-corrected chi connectivity index (χ4v) is 4.63. The molecule has 3 atom stereocenters. The van der Waals surface area contributed by atoms with Crippen LogP contribution in [0.4, 0.5) is 5.69 Å². The maximum absolute atomic E-state index is 13.4. The lowest BCUT2D eigenvalue weighted by Crippen LogP contribution is -2.59. The van der Waals surface area contributed by atoms with Gasteiger partial charge in [0.15, 0.2) is 0 Å². The van der Waals surface area contributed by atoms with Gasteiger partial charge in [0.05, 0.1) is 25.2 Å². The number of β-lactam (4-membered cyclic amide) rings is 1. The highest BCUT2D eigenvalue weighted by atomic mass is 16.5. The molecule has 1 heterocycles. The molecule has 1 unspecified atom stereocenters. The van der Waals surface area contributed by atoms with E-state index in [4.69, 9.17) is 9.47 Å². The molecule has 5 rings (SSSR count). The molecule has 0 spiro atoms. The van der Waals surface area contributed by atoms with Crippen molar-refractivity contribution in [2.75, 3.05) is 12.0 Å². The highest BCUT2D eigenvalue weighted by Crippen LogP contribution is 2.46. The number of nitrogens with zero attached hydrogens (tertiary/aromatic N) is 1. The minimum atomic E-state index is -0.929. The van der Waals surface area contributed by atoms with Gasteiger partial charge in [-0.1, -0.05) is 84.9 Å². The normalized spacial score (nSPS) is 17.9. The van der Waals surface area contributed by atoms with Crippen LogP contribution in [0, 0.1) is 5.92 Å². The smallest absolute Gasteiger partial charge is 0.236 e. The second-order valence-electron chi connectivity index (χ2n) is 8.98. The number of benzene rings is 4. The van der Waals surface area contributed by atoms with Crippen molar-refractivity contribution >= 4 is 17.7 Å². The zero-order valence-corrected chi connectivity index (χ0v) is 20.6. The molecule has 186 valence electrons. The molecule has 4 aromatic rings. The van der Waals surface area contributed by atoms with Gasteiger partial charge in [0.2, 0.25) is 5.91 Å². The molecule has 1 fully saturated rings. The van der Waals surface area contributed by atoms with Crippen LogP contribution in [-0.4, -0.2) is 24.2 Å². The van der Waals surface area contributed by atoms with Crippen molar-refractivity contribution in [2.24, 2.45) is 5.92 Å². The minimum Gasteiger partial charge on any atom is -0.497 e. The molecule has 1 saturated heterocycles. The summed E-state index contributed by atoms with van der Waals surface area (Å²) in [7, 11) is 1.61. The summed E-state index contributed by atoms with van der Waals surface area (Å²) in [5.74, 6) is 0.744. The summed E-state index contributed by atoms with van der Waals surface area (Å²) in [5, 5.41) is 11.1. The third-order valence-electron chi connectivity index (χ3n) is 6.61. The summed E-state index contributed by atoms with van der Waals surface area (Å²) >= 11 is 0. The number of carbonyl (C=O) groups is 1. The number of anilines is 1. The van der Waals surface area contributed by atoms with Gasteiger partial charge >= 0.3 is 0 Å². The van der Waals surface area contributed by atoms with Crippen molar-refractivity contribution in [2.45, 2.75) is 18.8 Å². The maximum Gasteiger partial charge on any atom is 0.236 e. The summed E-state index contributed by atoms with van der Waals surface area (Å²) in [4.78, 5) is 15.1. The lowest BCUT2D eigenvalue weighted by molar-refractivity contribution is -0.134. The van der Waals surface area contributed by atoms with Gasteiger partial charge in [-0.3, -0.25) is 4.79 Å². The van der Waals surface area contributed by atoms with E-state index in [2.05, 4.69) is 0 Å². The fourth-order valence-electron chi connectivity index (χ4n) is 4.63. The van der Waals surface area contributed by atoms with E-state index in [0.29, 0.717) is 6.61 Å². The average molecular weight is 492 g/mol. The van der Waals surface area contributed by atoms with Crippen LogP contribution in [0.2, 0.25) is 0 Å². The number of amides is 1. The lowest BCUT2D eigenvalue weighted by atomic mass is 9.78. The Morgan fingerprint density at radius 3 is 2.11 bits per heavy atom. The van der Waals surface area contributed by atoms with Crippen LogP contribution in [0.25, 0.3) is 6.08 Å². The highest BCUT2D eigenvalue weighted by molar-refractivity contribution is 6.04. The standard InChI is InChI=1S/C32H29NO4/c1-36-27-19-15-26(16-20-27)33-31(30(32(33)35)29(34)21-12-23-8-4-2-5-9-23)25-13-17-28(18-14-25)37-22-24-10-6-3-7-11-24/h2-21,29-31,34H,22H2,1H3/t29?,30-,31-/m1/s1. The number of aliphatic hydroxyl groups is 1. The molecule has 0 bridgehead atoms. The highest BCUT2D eigenvalue weighted by Gasteiger charge is 2.51. The molecule has 1 aliphatic heterocycles. The van der Waals surface area contributed by atoms with Crippen LogP contribution < -0.4 is 14.4 Å². The molecule has 0 radical (unpaired) electrons. The lowest BCUT2D eigenvalue weighted by Gasteiger charge is -2.48. The van der Waals surface area contributed by atoms with Gasteiger partial charge in [-0.05, 0) is 53.1 Å². The van der Waals surface area contributed by atoms with E-state index in [1.54, 1.807) is 18.1 Å². The Morgan fingerprint density at radius 2 is 1.46 bits per heavy atom. The number of carbonyl (C=O) groups excluding carboxylic acids is 1. The van der Waals surface area contributed by atoms with Crippen LogP contribution >= 0.6 is 0 Å². The summed E-state index contributed by atoms with van der Waals surface area (Å²) in [5.41, 5.74) is 3.75. The van der Waals surface area contributed by atoms with Crippen molar-refractivity contribution in [3.05, 3.63) is 132 Å². The second-order valence-corrected chi connectivity index (χ2v) is 8.98. The quantitative estimate of drug-likeness (QED) is 0.290. The summed E-state index contributed by atoms with van der Waals surface area (Å²) < 4.78 is 11.2. The Hall–Kier alpha value is -4.35. The van der Waals surface area contributed by atoms with Gasteiger partial charge in [-0.15, -0.1) is 0 Å². The van der Waals surface area contributed by atoms with E-state index in [0.717, 1.165) is 33.9 Å². The Bertz CT molecular complexity index is 1340. The molecular weight excluding hydrogens is 462 g/mol. The Labute approximate surface area is 217 Å².